The van der Waals surface area contributed by atoms with Gasteiger partial charge in [0.05, 0.1) is 4.90 Å². The normalized spacial score (nSPS) is 11.7. The molecule has 0 atom stereocenters. The van der Waals surface area contributed by atoms with Crippen molar-refractivity contribution < 1.29 is 13.2 Å². The van der Waals surface area contributed by atoms with E-state index in [4.69, 9.17) is 0 Å². The number of nitrogens with one attached hydrogen (secondary N) is 1. The van der Waals surface area contributed by atoms with E-state index in [2.05, 4.69) is 15.3 Å². The maximum atomic E-state index is 12.6. The monoisotopic (exact) mass is 492 g/mol. The fourth-order valence-corrected chi connectivity index (χ4v) is 4.17. The second-order valence-electron chi connectivity index (χ2n) is 8.66. The SMILES string of the molecule is CN(C)CCN(C)C(=O)c1ccc(Nc2ncc3ccn(-c4ccc(S(C)(=O)=O)cc4)c3n2)cc1. The second-order valence-corrected chi connectivity index (χ2v) is 10.7. The number of benzene rings is 2. The van der Waals surface area contributed by atoms with Crippen LogP contribution in [0.15, 0.2) is 71.9 Å². The lowest BCUT2D eigenvalue weighted by molar-refractivity contribution is 0.0786. The molecule has 2 aromatic heterocycles. The molecule has 35 heavy (non-hydrogen) atoms. The highest BCUT2D eigenvalue weighted by atomic mass is 32.2. The van der Waals surface area contributed by atoms with E-state index in [9.17, 15) is 13.2 Å². The van der Waals surface area contributed by atoms with E-state index >= 15 is 0 Å². The molecule has 0 bridgehead atoms. The number of anilines is 2. The van der Waals surface area contributed by atoms with Gasteiger partial charge in [-0.05, 0) is 68.7 Å². The van der Waals surface area contributed by atoms with E-state index in [1.807, 2.05) is 48.0 Å². The lowest BCUT2D eigenvalue weighted by Crippen LogP contribution is -2.33. The van der Waals surface area contributed by atoms with Crippen molar-refractivity contribution in [2.45, 2.75) is 4.90 Å². The van der Waals surface area contributed by atoms with Crippen molar-refractivity contribution in [3.05, 3.63) is 72.6 Å². The van der Waals surface area contributed by atoms with Crippen molar-refractivity contribution in [1.29, 1.82) is 0 Å². The first-order valence-corrected chi connectivity index (χ1v) is 12.9. The van der Waals surface area contributed by atoms with Crippen LogP contribution in [0.25, 0.3) is 16.7 Å². The topological polar surface area (TPSA) is 100 Å². The Morgan fingerprint density at radius 3 is 2.29 bits per heavy atom. The zero-order valence-corrected chi connectivity index (χ0v) is 21.0. The highest BCUT2D eigenvalue weighted by Crippen LogP contribution is 2.22. The molecule has 4 aromatic rings. The van der Waals surface area contributed by atoms with Gasteiger partial charge >= 0.3 is 0 Å². The summed E-state index contributed by atoms with van der Waals surface area (Å²) in [6, 6.07) is 15.8. The smallest absolute Gasteiger partial charge is 0.253 e. The average Bonchev–Trinajstić information content (AvgIpc) is 3.25. The summed E-state index contributed by atoms with van der Waals surface area (Å²) in [7, 11) is 2.49. The van der Waals surface area contributed by atoms with E-state index in [0.29, 0.717) is 23.7 Å². The number of carbonyl (C=O) groups excluding carboxylic acids is 1. The Kier molecular flexibility index (Phi) is 6.86. The Labute approximate surface area is 204 Å². The molecule has 1 amide bonds. The van der Waals surface area contributed by atoms with Crippen LogP contribution in [0.2, 0.25) is 0 Å². The number of fused-ring (bicyclic) bond motifs is 1. The number of hydrogen-bond donors (Lipinski definition) is 1. The summed E-state index contributed by atoms with van der Waals surface area (Å²) in [5.41, 5.74) is 2.84. The summed E-state index contributed by atoms with van der Waals surface area (Å²) in [5.74, 6) is 0.378. The van der Waals surface area contributed by atoms with Crippen LogP contribution >= 0.6 is 0 Å². The van der Waals surface area contributed by atoms with Crippen LogP contribution in [-0.4, -0.2) is 79.1 Å². The third-order valence-electron chi connectivity index (χ3n) is 5.59. The van der Waals surface area contributed by atoms with Gasteiger partial charge in [-0.15, -0.1) is 0 Å². The molecule has 0 fully saturated rings. The third kappa shape index (κ3) is 5.67. The van der Waals surface area contributed by atoms with Gasteiger partial charge in [-0.3, -0.25) is 4.79 Å². The van der Waals surface area contributed by atoms with Gasteiger partial charge in [0, 0.05) is 61.1 Å². The lowest BCUT2D eigenvalue weighted by atomic mass is 10.2. The van der Waals surface area contributed by atoms with Gasteiger partial charge in [0.15, 0.2) is 9.84 Å². The summed E-state index contributed by atoms with van der Waals surface area (Å²) in [5, 5.41) is 4.03. The molecule has 0 unspecified atom stereocenters. The van der Waals surface area contributed by atoms with E-state index < -0.39 is 9.84 Å². The number of aromatic nitrogens is 3. The zero-order chi connectivity index (χ0) is 25.2. The number of carbonyl (C=O) groups is 1. The van der Waals surface area contributed by atoms with Crippen LogP contribution in [0.4, 0.5) is 11.6 Å². The predicted molar refractivity (Wildman–Crippen MR) is 137 cm³/mol. The molecular formula is C25H28N6O3S. The van der Waals surface area contributed by atoms with Crippen LogP contribution in [0.5, 0.6) is 0 Å². The molecule has 4 rings (SSSR count). The molecule has 0 aliphatic rings. The van der Waals surface area contributed by atoms with E-state index in [1.165, 1.54) is 6.26 Å². The molecule has 0 spiro atoms. The van der Waals surface area contributed by atoms with Crippen molar-refractivity contribution in [2.75, 3.05) is 45.8 Å². The second kappa shape index (κ2) is 9.85. The minimum Gasteiger partial charge on any atom is -0.340 e. The van der Waals surface area contributed by atoms with Crippen molar-refractivity contribution in [1.82, 2.24) is 24.3 Å². The molecule has 182 valence electrons. The highest BCUT2D eigenvalue weighted by Gasteiger charge is 2.13. The van der Waals surface area contributed by atoms with Crippen LogP contribution in [-0.2, 0) is 9.84 Å². The van der Waals surface area contributed by atoms with Crippen LogP contribution < -0.4 is 5.32 Å². The van der Waals surface area contributed by atoms with Crippen LogP contribution in [0.3, 0.4) is 0 Å². The number of nitrogens with zero attached hydrogens (tertiary/aromatic N) is 5. The molecule has 2 aromatic carbocycles. The van der Waals surface area contributed by atoms with Gasteiger partial charge in [-0.1, -0.05) is 0 Å². The van der Waals surface area contributed by atoms with Crippen molar-refractivity contribution in [3.8, 4) is 5.69 Å². The fourth-order valence-electron chi connectivity index (χ4n) is 3.54. The Hall–Kier alpha value is -3.76. The minimum absolute atomic E-state index is 0.0317. The van der Waals surface area contributed by atoms with Gasteiger partial charge < -0.3 is 19.7 Å². The van der Waals surface area contributed by atoms with E-state index in [1.54, 1.807) is 54.5 Å². The van der Waals surface area contributed by atoms with Crippen molar-refractivity contribution >= 4 is 38.4 Å². The molecule has 9 nitrogen and oxygen atoms in total. The number of hydrogen-bond acceptors (Lipinski definition) is 7. The number of sulfone groups is 1. The predicted octanol–water partition coefficient (Wildman–Crippen LogP) is 3.20. The van der Waals surface area contributed by atoms with Crippen LogP contribution in [0, 0.1) is 0 Å². The van der Waals surface area contributed by atoms with Gasteiger partial charge in [0.25, 0.3) is 5.91 Å². The van der Waals surface area contributed by atoms with Crippen molar-refractivity contribution in [3.63, 3.8) is 0 Å². The zero-order valence-electron chi connectivity index (χ0n) is 20.1. The third-order valence-corrected chi connectivity index (χ3v) is 6.72. The molecular weight excluding hydrogens is 464 g/mol. The molecule has 0 aliphatic heterocycles. The van der Waals surface area contributed by atoms with Gasteiger partial charge in [0.2, 0.25) is 5.95 Å². The molecule has 1 N–H and O–H groups in total. The van der Waals surface area contributed by atoms with Gasteiger partial charge in [-0.2, -0.15) is 4.98 Å². The van der Waals surface area contributed by atoms with Crippen LogP contribution in [0.1, 0.15) is 10.4 Å². The number of rotatable bonds is 8. The number of likely N-dealkylation sites (N-methyl/N-ethyl adjacent to an activating group) is 2. The quantitative estimate of drug-likeness (QED) is 0.403. The Morgan fingerprint density at radius 2 is 1.66 bits per heavy atom. The largest absolute Gasteiger partial charge is 0.340 e. The Morgan fingerprint density at radius 1 is 0.971 bits per heavy atom. The molecule has 10 heteroatoms. The lowest BCUT2D eigenvalue weighted by Gasteiger charge is -2.19. The first kappa shape index (κ1) is 24.4. The maximum absolute atomic E-state index is 12.6. The number of amides is 1. The van der Waals surface area contributed by atoms with Gasteiger partial charge in [0.1, 0.15) is 5.65 Å². The van der Waals surface area contributed by atoms with Crippen molar-refractivity contribution in [2.24, 2.45) is 0 Å². The molecule has 0 saturated heterocycles. The molecule has 0 aliphatic carbocycles. The summed E-state index contributed by atoms with van der Waals surface area (Å²) in [4.78, 5) is 25.7. The first-order valence-electron chi connectivity index (χ1n) is 11.0. The van der Waals surface area contributed by atoms with Gasteiger partial charge in [-0.25, -0.2) is 13.4 Å². The summed E-state index contributed by atoms with van der Waals surface area (Å²) in [6.07, 6.45) is 4.78. The summed E-state index contributed by atoms with van der Waals surface area (Å²) in [6.45, 7) is 1.45. The average molecular weight is 493 g/mol. The maximum Gasteiger partial charge on any atom is 0.253 e. The molecule has 0 saturated carbocycles. The summed E-state index contributed by atoms with van der Waals surface area (Å²) >= 11 is 0. The molecule has 0 radical (unpaired) electrons. The fraction of sp³-hybridized carbons (Fsp3) is 0.240. The standard InChI is InChI=1S/C25H28N6O3S/c1-29(2)15-16-30(3)24(32)18-5-7-20(8-6-18)27-25-26-17-19-13-14-31(23(19)28-25)21-9-11-22(12-10-21)35(4,33)34/h5-14,17H,15-16H2,1-4H3,(H,26,27,28). The summed E-state index contributed by atoms with van der Waals surface area (Å²) < 4.78 is 25.4. The first-order chi connectivity index (χ1) is 16.6. The van der Waals surface area contributed by atoms with E-state index in [-0.39, 0.29) is 10.8 Å². The molecule has 2 heterocycles. The van der Waals surface area contributed by atoms with E-state index in [0.717, 1.165) is 23.3 Å². The minimum atomic E-state index is -3.26. The Bertz CT molecular complexity index is 1450. The Balaban J connectivity index is 1.52. The highest BCUT2D eigenvalue weighted by molar-refractivity contribution is 7.90.